The van der Waals surface area contributed by atoms with Gasteiger partial charge in [-0.3, -0.25) is 4.99 Å². The number of piperidine rings is 1. The molecule has 1 aliphatic heterocycles. The van der Waals surface area contributed by atoms with Crippen molar-refractivity contribution in [3.63, 3.8) is 0 Å². The van der Waals surface area contributed by atoms with Crippen LogP contribution in [-0.4, -0.2) is 50.6 Å². The third-order valence-electron chi connectivity index (χ3n) is 3.71. The average Bonchev–Trinajstić information content (AvgIpc) is 2.41. The van der Waals surface area contributed by atoms with Crippen LogP contribution < -0.4 is 10.6 Å². The first-order valence-corrected chi connectivity index (χ1v) is 7.82. The Balaban J connectivity index is 0.00000361. The van der Waals surface area contributed by atoms with Crippen LogP contribution in [0.3, 0.4) is 0 Å². The molecule has 0 bridgehead atoms. The summed E-state index contributed by atoms with van der Waals surface area (Å²) in [4.78, 5) is 6.86. The topological polar surface area (TPSA) is 39.7 Å². The van der Waals surface area contributed by atoms with Crippen LogP contribution in [-0.2, 0) is 0 Å². The highest BCUT2D eigenvalue weighted by molar-refractivity contribution is 14.0. The number of aliphatic imine (C=N–C) groups is 1. The van der Waals surface area contributed by atoms with Crippen LogP contribution in [0.4, 0.5) is 0 Å². The van der Waals surface area contributed by atoms with Gasteiger partial charge in [-0.15, -0.1) is 24.0 Å². The summed E-state index contributed by atoms with van der Waals surface area (Å²) in [6, 6.07) is 0. The molecule has 0 radical (unpaired) electrons. The van der Waals surface area contributed by atoms with Crippen LogP contribution in [0.5, 0.6) is 0 Å². The molecule has 0 spiro atoms. The number of hydrogen-bond acceptors (Lipinski definition) is 2. The molecular formula is C15H33IN4. The number of nitrogens with zero attached hydrogens (tertiary/aromatic N) is 2. The van der Waals surface area contributed by atoms with Gasteiger partial charge in [-0.05, 0) is 50.7 Å². The molecule has 1 rings (SSSR count). The van der Waals surface area contributed by atoms with Crippen molar-refractivity contribution in [3.8, 4) is 0 Å². The largest absolute Gasteiger partial charge is 0.356 e. The molecule has 120 valence electrons. The Morgan fingerprint density at radius 3 is 2.40 bits per heavy atom. The van der Waals surface area contributed by atoms with E-state index in [0.29, 0.717) is 5.92 Å². The first-order chi connectivity index (χ1) is 9.15. The minimum Gasteiger partial charge on any atom is -0.356 e. The standard InChI is InChI=1S/C15H32N4.HI/c1-5-8-19-9-6-14(7-10-19)12-18-15(16-4)17-11-13(2)3;/h13-14H,5-12H2,1-4H3,(H2,16,17,18);1H. The van der Waals surface area contributed by atoms with Gasteiger partial charge in [0.25, 0.3) is 0 Å². The predicted molar refractivity (Wildman–Crippen MR) is 99.1 cm³/mol. The molecule has 2 N–H and O–H groups in total. The van der Waals surface area contributed by atoms with Crippen molar-refractivity contribution in [3.05, 3.63) is 0 Å². The van der Waals surface area contributed by atoms with E-state index in [1.54, 1.807) is 0 Å². The molecule has 0 saturated carbocycles. The van der Waals surface area contributed by atoms with Crippen molar-refractivity contribution in [1.29, 1.82) is 0 Å². The van der Waals surface area contributed by atoms with Crippen LogP contribution in [0, 0.1) is 11.8 Å². The molecule has 1 heterocycles. The summed E-state index contributed by atoms with van der Waals surface area (Å²) in [5, 5.41) is 6.83. The lowest BCUT2D eigenvalue weighted by atomic mass is 9.97. The van der Waals surface area contributed by atoms with Crippen LogP contribution in [0.25, 0.3) is 0 Å². The number of nitrogens with one attached hydrogen (secondary N) is 2. The Kier molecular flexibility index (Phi) is 11.6. The lowest BCUT2D eigenvalue weighted by Crippen LogP contribution is -2.43. The number of guanidine groups is 1. The smallest absolute Gasteiger partial charge is 0.190 e. The summed E-state index contributed by atoms with van der Waals surface area (Å²) in [5.74, 6) is 2.39. The maximum absolute atomic E-state index is 4.27. The van der Waals surface area contributed by atoms with E-state index in [2.05, 4.69) is 41.3 Å². The number of likely N-dealkylation sites (tertiary alicyclic amines) is 1. The van der Waals surface area contributed by atoms with Crippen molar-refractivity contribution >= 4 is 29.9 Å². The summed E-state index contributed by atoms with van der Waals surface area (Å²) >= 11 is 0. The Bertz CT molecular complexity index is 261. The fraction of sp³-hybridized carbons (Fsp3) is 0.933. The van der Waals surface area contributed by atoms with Crippen LogP contribution >= 0.6 is 24.0 Å². The highest BCUT2D eigenvalue weighted by Crippen LogP contribution is 2.16. The Labute approximate surface area is 142 Å². The zero-order valence-corrected chi connectivity index (χ0v) is 15.9. The van der Waals surface area contributed by atoms with Crippen LogP contribution in [0.1, 0.15) is 40.0 Å². The highest BCUT2D eigenvalue weighted by atomic mass is 127. The molecule has 0 aromatic rings. The van der Waals surface area contributed by atoms with Gasteiger partial charge >= 0.3 is 0 Å². The first-order valence-electron chi connectivity index (χ1n) is 7.82. The lowest BCUT2D eigenvalue weighted by molar-refractivity contribution is 0.185. The van der Waals surface area contributed by atoms with Gasteiger partial charge in [-0.2, -0.15) is 0 Å². The van der Waals surface area contributed by atoms with E-state index in [1.165, 1.54) is 38.9 Å². The lowest BCUT2D eigenvalue weighted by Gasteiger charge is -2.32. The molecule has 20 heavy (non-hydrogen) atoms. The number of hydrogen-bond donors (Lipinski definition) is 2. The maximum Gasteiger partial charge on any atom is 0.190 e. The van der Waals surface area contributed by atoms with Crippen molar-refractivity contribution in [1.82, 2.24) is 15.5 Å². The predicted octanol–water partition coefficient (Wildman–Crippen LogP) is 2.55. The molecule has 4 nitrogen and oxygen atoms in total. The summed E-state index contributed by atoms with van der Waals surface area (Å²) in [6.07, 6.45) is 3.90. The molecule has 1 saturated heterocycles. The molecule has 0 aromatic heterocycles. The van der Waals surface area contributed by atoms with Crippen LogP contribution in [0.15, 0.2) is 4.99 Å². The van der Waals surface area contributed by atoms with Gasteiger partial charge in [-0.25, -0.2) is 0 Å². The average molecular weight is 396 g/mol. The van der Waals surface area contributed by atoms with E-state index in [-0.39, 0.29) is 24.0 Å². The molecule has 5 heteroatoms. The monoisotopic (exact) mass is 396 g/mol. The van der Waals surface area contributed by atoms with Crippen molar-refractivity contribution < 1.29 is 0 Å². The van der Waals surface area contributed by atoms with Gasteiger partial charge in [0.05, 0.1) is 0 Å². The SMILES string of the molecule is CCCN1CCC(CNC(=NC)NCC(C)C)CC1.I. The molecule has 0 unspecified atom stereocenters. The minimum absolute atomic E-state index is 0. The zero-order valence-electron chi connectivity index (χ0n) is 13.6. The van der Waals surface area contributed by atoms with E-state index in [9.17, 15) is 0 Å². The third kappa shape index (κ3) is 8.29. The first kappa shape index (κ1) is 20.0. The minimum atomic E-state index is 0. The highest BCUT2D eigenvalue weighted by Gasteiger charge is 2.18. The van der Waals surface area contributed by atoms with Gasteiger partial charge < -0.3 is 15.5 Å². The molecule has 0 atom stereocenters. The van der Waals surface area contributed by atoms with E-state index < -0.39 is 0 Å². The molecule has 0 aromatic carbocycles. The van der Waals surface area contributed by atoms with Gasteiger partial charge in [0.15, 0.2) is 5.96 Å². The quantitative estimate of drug-likeness (QED) is 0.412. The summed E-state index contributed by atoms with van der Waals surface area (Å²) in [5.41, 5.74) is 0. The second kappa shape index (κ2) is 11.6. The summed E-state index contributed by atoms with van der Waals surface area (Å²) in [7, 11) is 1.85. The fourth-order valence-corrected chi connectivity index (χ4v) is 2.49. The summed E-state index contributed by atoms with van der Waals surface area (Å²) < 4.78 is 0. The maximum atomic E-state index is 4.27. The van der Waals surface area contributed by atoms with Crippen LogP contribution in [0.2, 0.25) is 0 Å². The fourth-order valence-electron chi connectivity index (χ4n) is 2.49. The van der Waals surface area contributed by atoms with Gasteiger partial charge in [-0.1, -0.05) is 20.8 Å². The molecule has 0 amide bonds. The van der Waals surface area contributed by atoms with Gasteiger partial charge in [0, 0.05) is 20.1 Å². The molecular weight excluding hydrogens is 363 g/mol. The van der Waals surface area contributed by atoms with Gasteiger partial charge in [0.2, 0.25) is 0 Å². The van der Waals surface area contributed by atoms with E-state index in [0.717, 1.165) is 25.0 Å². The van der Waals surface area contributed by atoms with E-state index in [1.807, 2.05) is 7.05 Å². The molecule has 1 aliphatic rings. The number of rotatable bonds is 6. The second-order valence-electron chi connectivity index (χ2n) is 6.01. The normalized spacial score (nSPS) is 17.9. The van der Waals surface area contributed by atoms with Crippen molar-refractivity contribution in [2.24, 2.45) is 16.8 Å². The van der Waals surface area contributed by atoms with Crippen molar-refractivity contribution in [2.75, 3.05) is 39.8 Å². The summed E-state index contributed by atoms with van der Waals surface area (Å²) in [6.45, 7) is 12.5. The Morgan fingerprint density at radius 1 is 1.25 bits per heavy atom. The zero-order chi connectivity index (χ0) is 14.1. The third-order valence-corrected chi connectivity index (χ3v) is 3.71. The van der Waals surface area contributed by atoms with Crippen molar-refractivity contribution in [2.45, 2.75) is 40.0 Å². The molecule has 0 aliphatic carbocycles. The Morgan fingerprint density at radius 2 is 1.90 bits per heavy atom. The van der Waals surface area contributed by atoms with E-state index >= 15 is 0 Å². The Hall–Kier alpha value is -0.0400. The second-order valence-corrected chi connectivity index (χ2v) is 6.01. The molecule has 1 fully saturated rings. The van der Waals surface area contributed by atoms with Gasteiger partial charge in [0.1, 0.15) is 0 Å². The number of halogens is 1. The van der Waals surface area contributed by atoms with E-state index in [4.69, 9.17) is 0 Å².